The maximum atomic E-state index is 8.32. The number of fused-ring (bicyclic) bond motifs is 1. The van der Waals surface area contributed by atoms with E-state index in [0.717, 1.165) is 17.1 Å². The number of rotatable bonds is 1. The maximum absolute atomic E-state index is 8.32. The largest absolute Gasteiger partial charge is 0.454 e. The Balaban J connectivity index is 2.34. The molecule has 0 N–H and O–H groups in total. The summed E-state index contributed by atoms with van der Waals surface area (Å²) in [5.74, 6) is 1.47. The van der Waals surface area contributed by atoms with Crippen LogP contribution in [0.3, 0.4) is 0 Å². The SMILES string of the molecule is N#[N+]Cc1ccc2c(c1)OCO2. The molecule has 12 heavy (non-hydrogen) atoms. The van der Waals surface area contributed by atoms with E-state index in [1.165, 1.54) is 0 Å². The van der Waals surface area contributed by atoms with E-state index in [-0.39, 0.29) is 13.3 Å². The second-order valence-corrected chi connectivity index (χ2v) is 2.49. The smallest absolute Gasteiger partial charge is 0.330 e. The highest BCUT2D eigenvalue weighted by molar-refractivity contribution is 5.44. The Bertz CT molecular complexity index is 343. The molecule has 0 atom stereocenters. The Morgan fingerprint density at radius 2 is 2.17 bits per heavy atom. The molecule has 4 nitrogen and oxygen atoms in total. The molecule has 0 amide bonds. The molecule has 0 radical (unpaired) electrons. The highest BCUT2D eigenvalue weighted by atomic mass is 16.7. The molecule has 0 unspecified atom stereocenters. The number of nitrogens with zero attached hydrogens (tertiary/aromatic N) is 2. The van der Waals surface area contributed by atoms with Crippen LogP contribution in [0, 0.1) is 5.39 Å². The van der Waals surface area contributed by atoms with Crippen molar-refractivity contribution in [2.45, 2.75) is 6.54 Å². The van der Waals surface area contributed by atoms with Crippen molar-refractivity contribution in [2.75, 3.05) is 6.79 Å². The third-order valence-corrected chi connectivity index (χ3v) is 1.69. The van der Waals surface area contributed by atoms with Gasteiger partial charge in [-0.15, -0.1) is 0 Å². The first-order valence-electron chi connectivity index (χ1n) is 3.59. The zero-order valence-corrected chi connectivity index (χ0v) is 6.36. The summed E-state index contributed by atoms with van der Waals surface area (Å²) < 4.78 is 10.3. The third kappa shape index (κ3) is 1.05. The van der Waals surface area contributed by atoms with Gasteiger partial charge in [0.05, 0.1) is 0 Å². The summed E-state index contributed by atoms with van der Waals surface area (Å²) in [6, 6.07) is 5.46. The van der Waals surface area contributed by atoms with Crippen molar-refractivity contribution in [2.24, 2.45) is 0 Å². The summed E-state index contributed by atoms with van der Waals surface area (Å²) in [5, 5.41) is 8.32. The van der Waals surface area contributed by atoms with Crippen LogP contribution in [0.15, 0.2) is 18.2 Å². The minimum Gasteiger partial charge on any atom is -0.454 e. The van der Waals surface area contributed by atoms with Gasteiger partial charge < -0.3 is 9.47 Å². The van der Waals surface area contributed by atoms with Gasteiger partial charge in [-0.1, -0.05) is 0 Å². The van der Waals surface area contributed by atoms with E-state index in [0.29, 0.717) is 0 Å². The molecule has 60 valence electrons. The minimum absolute atomic E-state index is 0.273. The Morgan fingerprint density at radius 3 is 3.00 bits per heavy atom. The normalized spacial score (nSPS) is 12.6. The van der Waals surface area contributed by atoms with Crippen LogP contribution in [0.2, 0.25) is 0 Å². The molecule has 1 heterocycles. The van der Waals surface area contributed by atoms with Gasteiger partial charge in [-0.25, -0.2) is 0 Å². The fourth-order valence-corrected chi connectivity index (χ4v) is 1.12. The zero-order valence-electron chi connectivity index (χ0n) is 6.36. The van der Waals surface area contributed by atoms with E-state index >= 15 is 0 Å². The van der Waals surface area contributed by atoms with Gasteiger partial charge >= 0.3 is 6.54 Å². The quantitative estimate of drug-likeness (QED) is 0.592. The van der Waals surface area contributed by atoms with E-state index in [1.54, 1.807) is 0 Å². The van der Waals surface area contributed by atoms with Crippen LogP contribution in [0.4, 0.5) is 0 Å². The molecule has 2 rings (SSSR count). The van der Waals surface area contributed by atoms with Crippen LogP contribution >= 0.6 is 0 Å². The highest BCUT2D eigenvalue weighted by Crippen LogP contribution is 2.32. The van der Waals surface area contributed by atoms with E-state index in [4.69, 9.17) is 14.9 Å². The minimum atomic E-state index is 0.273. The molecular formula is C8H7N2O2+. The highest BCUT2D eigenvalue weighted by Gasteiger charge is 2.14. The van der Waals surface area contributed by atoms with E-state index in [9.17, 15) is 0 Å². The molecule has 4 heteroatoms. The summed E-state index contributed by atoms with van der Waals surface area (Å²) in [4.78, 5) is 3.04. The monoisotopic (exact) mass is 163 g/mol. The van der Waals surface area contributed by atoms with Gasteiger partial charge in [-0.2, -0.15) is 0 Å². The van der Waals surface area contributed by atoms with Crippen LogP contribution in [0.25, 0.3) is 4.98 Å². The van der Waals surface area contributed by atoms with Crippen LogP contribution in [-0.4, -0.2) is 6.79 Å². The van der Waals surface area contributed by atoms with Gasteiger partial charge in [0, 0.05) is 5.56 Å². The van der Waals surface area contributed by atoms with Crippen LogP contribution < -0.4 is 9.47 Å². The lowest BCUT2D eigenvalue weighted by atomic mass is 10.2. The average molecular weight is 163 g/mol. The molecule has 0 aliphatic carbocycles. The summed E-state index contributed by atoms with van der Waals surface area (Å²) in [5.41, 5.74) is 0.904. The van der Waals surface area contributed by atoms with E-state index in [1.807, 2.05) is 18.2 Å². The molecule has 1 aromatic carbocycles. The van der Waals surface area contributed by atoms with E-state index < -0.39 is 0 Å². The van der Waals surface area contributed by atoms with Crippen molar-refractivity contribution in [1.29, 1.82) is 5.39 Å². The zero-order chi connectivity index (χ0) is 8.39. The Kier molecular flexibility index (Phi) is 1.56. The van der Waals surface area contributed by atoms with E-state index in [2.05, 4.69) is 4.98 Å². The molecule has 1 aliphatic heterocycles. The summed E-state index contributed by atoms with van der Waals surface area (Å²) in [6.07, 6.45) is 0. The Hall–Kier alpha value is -1.76. The number of benzene rings is 1. The molecule has 0 saturated carbocycles. The maximum Gasteiger partial charge on any atom is 0.330 e. The van der Waals surface area contributed by atoms with Crippen LogP contribution in [0.1, 0.15) is 5.56 Å². The summed E-state index contributed by atoms with van der Waals surface area (Å²) >= 11 is 0. The van der Waals surface area contributed by atoms with Crippen molar-refractivity contribution < 1.29 is 9.47 Å². The fraction of sp³-hybridized carbons (Fsp3) is 0.250. The lowest BCUT2D eigenvalue weighted by molar-refractivity contribution is 0.174. The number of hydrogen-bond acceptors (Lipinski definition) is 3. The predicted molar refractivity (Wildman–Crippen MR) is 41.4 cm³/mol. The fourth-order valence-electron chi connectivity index (χ4n) is 1.12. The summed E-state index contributed by atoms with van der Waals surface area (Å²) in [6.45, 7) is 0.561. The van der Waals surface area contributed by atoms with Crippen molar-refractivity contribution in [3.8, 4) is 11.5 Å². The standard InChI is InChI=1S/C8H7N2O2/c9-10-4-6-1-2-7-8(3-6)12-5-11-7/h1-3H,4-5H2/q+1. The first-order chi connectivity index (χ1) is 5.90. The summed E-state index contributed by atoms with van der Waals surface area (Å²) in [7, 11) is 0. The molecule has 0 spiro atoms. The second kappa shape index (κ2) is 2.70. The molecule has 0 bridgehead atoms. The van der Waals surface area contributed by atoms with Crippen molar-refractivity contribution in [1.82, 2.24) is 0 Å². The van der Waals surface area contributed by atoms with Gasteiger partial charge in [-0.05, 0) is 18.2 Å². The Morgan fingerprint density at radius 1 is 1.33 bits per heavy atom. The second-order valence-electron chi connectivity index (χ2n) is 2.49. The Labute approximate surface area is 69.3 Å². The van der Waals surface area contributed by atoms with Gasteiger partial charge in [0.25, 0.3) is 0 Å². The van der Waals surface area contributed by atoms with Crippen molar-refractivity contribution in [3.63, 3.8) is 0 Å². The van der Waals surface area contributed by atoms with Crippen LogP contribution in [0.5, 0.6) is 11.5 Å². The third-order valence-electron chi connectivity index (χ3n) is 1.69. The van der Waals surface area contributed by atoms with Gasteiger partial charge in [0.15, 0.2) is 11.5 Å². The average Bonchev–Trinajstić information content (AvgIpc) is 2.51. The molecular weight excluding hydrogens is 156 g/mol. The first-order valence-corrected chi connectivity index (χ1v) is 3.59. The lowest BCUT2D eigenvalue weighted by Crippen LogP contribution is -1.92. The van der Waals surface area contributed by atoms with Gasteiger partial charge in [-0.3, -0.25) is 0 Å². The molecule has 0 saturated heterocycles. The van der Waals surface area contributed by atoms with Crippen LogP contribution in [-0.2, 0) is 6.54 Å². The number of ether oxygens (including phenoxy) is 2. The predicted octanol–water partition coefficient (Wildman–Crippen LogP) is 1.77. The molecule has 1 aliphatic rings. The first kappa shape index (κ1) is 6.92. The lowest BCUT2D eigenvalue weighted by Gasteiger charge is -1.93. The van der Waals surface area contributed by atoms with Crippen molar-refractivity contribution in [3.05, 3.63) is 28.7 Å². The number of diazo groups is 1. The molecule has 0 aromatic heterocycles. The molecule has 1 aromatic rings. The topological polar surface area (TPSA) is 46.6 Å². The van der Waals surface area contributed by atoms with Crippen molar-refractivity contribution >= 4 is 0 Å². The number of hydrogen-bond donors (Lipinski definition) is 0. The van der Waals surface area contributed by atoms with Gasteiger partial charge in [0.2, 0.25) is 12.2 Å². The molecule has 0 fully saturated rings. The van der Waals surface area contributed by atoms with Gasteiger partial charge in [0.1, 0.15) is 4.98 Å².